The molecule has 1 unspecified atom stereocenters. The largest absolute Gasteiger partial charge is 0.387 e. The molecule has 1 atom stereocenters. The molecule has 6 nitrogen and oxygen atoms in total. The number of nitriles is 1. The number of anilines is 1. The number of benzene rings is 1. The van der Waals surface area contributed by atoms with Gasteiger partial charge < -0.3 is 10.4 Å². The highest BCUT2D eigenvalue weighted by Gasteiger charge is 2.16. The van der Waals surface area contributed by atoms with Crippen molar-refractivity contribution in [3.63, 3.8) is 0 Å². The van der Waals surface area contributed by atoms with Crippen LogP contribution in [0, 0.1) is 21.4 Å². The van der Waals surface area contributed by atoms with E-state index in [0.717, 1.165) is 5.56 Å². The van der Waals surface area contributed by atoms with Crippen LogP contribution in [-0.2, 0) is 0 Å². The lowest BCUT2D eigenvalue weighted by Crippen LogP contribution is -2.12. The van der Waals surface area contributed by atoms with Gasteiger partial charge >= 0.3 is 0 Å². The molecule has 20 heavy (non-hydrogen) atoms. The number of nitrogens with zero attached hydrogens (tertiary/aromatic N) is 2. The lowest BCUT2D eigenvalue weighted by molar-refractivity contribution is -0.384. The number of aliphatic hydroxyl groups excluding tert-OH is 1. The average molecular weight is 289 g/mol. The highest BCUT2D eigenvalue weighted by molar-refractivity contribution is 7.07. The summed E-state index contributed by atoms with van der Waals surface area (Å²) in [6.45, 7) is 0.156. The van der Waals surface area contributed by atoms with Crippen LogP contribution < -0.4 is 5.32 Å². The highest BCUT2D eigenvalue weighted by atomic mass is 32.1. The number of nitrogens with one attached hydrogen (secondary N) is 1. The van der Waals surface area contributed by atoms with Crippen molar-refractivity contribution in [3.8, 4) is 6.07 Å². The molecule has 1 heterocycles. The molecule has 0 spiro atoms. The summed E-state index contributed by atoms with van der Waals surface area (Å²) >= 11 is 1.47. The van der Waals surface area contributed by atoms with Gasteiger partial charge in [0.1, 0.15) is 5.69 Å². The highest BCUT2D eigenvalue weighted by Crippen LogP contribution is 2.26. The lowest BCUT2D eigenvalue weighted by atomic mass is 10.1. The number of hydrogen-bond donors (Lipinski definition) is 2. The van der Waals surface area contributed by atoms with Crippen LogP contribution in [0.4, 0.5) is 11.4 Å². The van der Waals surface area contributed by atoms with Gasteiger partial charge in [-0.1, -0.05) is 0 Å². The lowest BCUT2D eigenvalue weighted by Gasteiger charge is -2.11. The van der Waals surface area contributed by atoms with E-state index < -0.39 is 11.0 Å². The molecule has 0 amide bonds. The van der Waals surface area contributed by atoms with Gasteiger partial charge in [0.2, 0.25) is 0 Å². The molecule has 2 rings (SSSR count). The maximum absolute atomic E-state index is 11.0. The minimum atomic E-state index is -0.739. The first-order valence-corrected chi connectivity index (χ1v) is 6.68. The van der Waals surface area contributed by atoms with Gasteiger partial charge in [-0.3, -0.25) is 10.1 Å². The molecule has 0 saturated heterocycles. The SMILES string of the molecule is N#Cc1ccc(NCC(O)c2ccsc2)c([N+](=O)[O-])c1. The molecular formula is C13H11N3O3S. The van der Waals surface area contributed by atoms with E-state index in [2.05, 4.69) is 5.32 Å². The quantitative estimate of drug-likeness (QED) is 0.651. The molecule has 2 aromatic rings. The fraction of sp³-hybridized carbons (Fsp3) is 0.154. The van der Waals surface area contributed by atoms with E-state index in [0.29, 0.717) is 0 Å². The Kier molecular flexibility index (Phi) is 4.30. The molecule has 102 valence electrons. The Balaban J connectivity index is 2.13. The predicted octanol–water partition coefficient (Wildman–Crippen LogP) is 2.67. The van der Waals surface area contributed by atoms with Gasteiger partial charge in [-0.05, 0) is 34.5 Å². The first kappa shape index (κ1) is 14.0. The standard InChI is InChI=1S/C13H11N3O3S/c14-6-9-1-2-11(12(5-9)16(18)19)15-7-13(17)10-3-4-20-8-10/h1-5,8,13,15,17H,7H2. The van der Waals surface area contributed by atoms with Crippen LogP contribution in [0.25, 0.3) is 0 Å². The van der Waals surface area contributed by atoms with Crippen LogP contribution >= 0.6 is 11.3 Å². The van der Waals surface area contributed by atoms with E-state index in [-0.39, 0.29) is 23.5 Å². The number of hydrogen-bond acceptors (Lipinski definition) is 6. The summed E-state index contributed by atoms with van der Waals surface area (Å²) < 4.78 is 0. The smallest absolute Gasteiger partial charge is 0.293 e. The summed E-state index contributed by atoms with van der Waals surface area (Å²) in [5.41, 5.74) is 1.09. The van der Waals surface area contributed by atoms with Crippen molar-refractivity contribution in [1.82, 2.24) is 0 Å². The molecule has 0 aliphatic carbocycles. The number of rotatable bonds is 5. The minimum absolute atomic E-state index is 0.156. The van der Waals surface area contributed by atoms with E-state index in [4.69, 9.17) is 5.26 Å². The van der Waals surface area contributed by atoms with Crippen LogP contribution in [0.2, 0.25) is 0 Å². The van der Waals surface area contributed by atoms with E-state index in [9.17, 15) is 15.2 Å². The molecule has 1 aromatic carbocycles. The fourth-order valence-electron chi connectivity index (χ4n) is 1.69. The Bertz CT molecular complexity index is 649. The van der Waals surface area contributed by atoms with Crippen molar-refractivity contribution in [2.75, 3.05) is 11.9 Å². The van der Waals surface area contributed by atoms with Gasteiger partial charge in [-0.15, -0.1) is 0 Å². The Morgan fingerprint density at radius 2 is 2.30 bits per heavy atom. The molecular weight excluding hydrogens is 278 g/mol. The third-order valence-corrected chi connectivity index (χ3v) is 3.44. The third kappa shape index (κ3) is 3.12. The monoisotopic (exact) mass is 289 g/mol. The van der Waals surface area contributed by atoms with Crippen molar-refractivity contribution >= 4 is 22.7 Å². The second kappa shape index (κ2) is 6.14. The van der Waals surface area contributed by atoms with Crippen molar-refractivity contribution in [2.24, 2.45) is 0 Å². The Morgan fingerprint density at radius 3 is 2.90 bits per heavy atom. The van der Waals surface area contributed by atoms with Gasteiger partial charge in [0, 0.05) is 12.6 Å². The van der Waals surface area contributed by atoms with Crippen LogP contribution in [0.3, 0.4) is 0 Å². The van der Waals surface area contributed by atoms with E-state index in [1.54, 1.807) is 6.07 Å². The number of nitro groups is 1. The molecule has 0 fully saturated rings. The normalized spacial score (nSPS) is 11.6. The first-order valence-electron chi connectivity index (χ1n) is 5.74. The summed E-state index contributed by atoms with van der Waals surface area (Å²) in [5.74, 6) is 0. The van der Waals surface area contributed by atoms with Crippen molar-refractivity contribution in [1.29, 1.82) is 5.26 Å². The first-order chi connectivity index (χ1) is 9.61. The fourth-order valence-corrected chi connectivity index (χ4v) is 2.40. The molecule has 0 radical (unpaired) electrons. The van der Waals surface area contributed by atoms with Crippen LogP contribution in [-0.4, -0.2) is 16.6 Å². The van der Waals surface area contributed by atoms with Crippen LogP contribution in [0.1, 0.15) is 17.2 Å². The van der Waals surface area contributed by atoms with E-state index in [1.807, 2.05) is 16.8 Å². The van der Waals surface area contributed by atoms with Gasteiger partial charge in [-0.25, -0.2) is 0 Å². The molecule has 0 aliphatic heterocycles. The molecule has 0 aliphatic rings. The van der Waals surface area contributed by atoms with Crippen LogP contribution in [0.5, 0.6) is 0 Å². The summed E-state index contributed by atoms with van der Waals surface area (Å²) in [6.07, 6.45) is -0.739. The van der Waals surface area contributed by atoms with Gasteiger partial charge in [0.25, 0.3) is 5.69 Å². The molecule has 0 bridgehead atoms. The summed E-state index contributed by atoms with van der Waals surface area (Å²) in [4.78, 5) is 10.4. The molecule has 2 N–H and O–H groups in total. The summed E-state index contributed by atoms with van der Waals surface area (Å²) in [7, 11) is 0. The van der Waals surface area contributed by atoms with Gasteiger partial charge in [0.05, 0.1) is 22.7 Å². The zero-order chi connectivity index (χ0) is 14.5. The van der Waals surface area contributed by atoms with Crippen molar-refractivity contribution < 1.29 is 10.0 Å². The molecule has 7 heteroatoms. The Hall–Kier alpha value is -2.43. The van der Waals surface area contributed by atoms with E-state index >= 15 is 0 Å². The third-order valence-electron chi connectivity index (χ3n) is 2.74. The molecule has 0 saturated carbocycles. The Morgan fingerprint density at radius 1 is 1.50 bits per heavy atom. The average Bonchev–Trinajstić information content (AvgIpc) is 2.98. The number of nitro benzene ring substituents is 1. The van der Waals surface area contributed by atoms with Gasteiger partial charge in [0.15, 0.2) is 0 Å². The summed E-state index contributed by atoms with van der Waals surface area (Å²) in [6, 6.07) is 7.82. The van der Waals surface area contributed by atoms with Crippen LogP contribution in [0.15, 0.2) is 35.0 Å². The maximum Gasteiger partial charge on any atom is 0.293 e. The number of thiophene rings is 1. The zero-order valence-electron chi connectivity index (χ0n) is 10.3. The second-order valence-corrected chi connectivity index (χ2v) is 4.83. The van der Waals surface area contributed by atoms with Gasteiger partial charge in [-0.2, -0.15) is 16.6 Å². The van der Waals surface area contributed by atoms with E-state index in [1.165, 1.54) is 29.5 Å². The maximum atomic E-state index is 11.0. The van der Waals surface area contributed by atoms with Crippen molar-refractivity contribution in [3.05, 3.63) is 56.3 Å². The second-order valence-electron chi connectivity index (χ2n) is 4.05. The minimum Gasteiger partial charge on any atom is -0.387 e. The topological polar surface area (TPSA) is 99.2 Å². The molecule has 1 aromatic heterocycles. The van der Waals surface area contributed by atoms with Crippen molar-refractivity contribution in [2.45, 2.75) is 6.10 Å². The zero-order valence-corrected chi connectivity index (χ0v) is 11.1. The Labute approximate surface area is 119 Å². The summed E-state index contributed by atoms with van der Waals surface area (Å²) in [5, 5.41) is 36.1. The predicted molar refractivity (Wildman–Crippen MR) is 75.6 cm³/mol. The number of aliphatic hydroxyl groups is 1.